The average molecular weight is 547 g/mol. The number of aliphatic carboxylic acids is 1. The van der Waals surface area contributed by atoms with Crippen molar-refractivity contribution in [2.75, 3.05) is 6.61 Å². The van der Waals surface area contributed by atoms with Gasteiger partial charge in [0.15, 0.2) is 6.61 Å². The minimum absolute atomic E-state index is 0.00127. The third kappa shape index (κ3) is 5.57. The van der Waals surface area contributed by atoms with E-state index in [1.807, 2.05) is 31.2 Å². The van der Waals surface area contributed by atoms with Gasteiger partial charge in [0.25, 0.3) is 0 Å². The first-order valence-corrected chi connectivity index (χ1v) is 12.9. The molecule has 1 heterocycles. The molecule has 34 heavy (non-hydrogen) atoms. The van der Waals surface area contributed by atoms with Crippen LogP contribution >= 0.6 is 15.9 Å². The van der Waals surface area contributed by atoms with Gasteiger partial charge in [0.1, 0.15) is 16.4 Å². The number of halogens is 1. The van der Waals surface area contributed by atoms with E-state index in [9.17, 15) is 13.2 Å². The minimum atomic E-state index is -3.89. The highest BCUT2D eigenvalue weighted by atomic mass is 79.9. The van der Waals surface area contributed by atoms with Gasteiger partial charge < -0.3 is 14.6 Å². The normalized spacial score (nSPS) is 15.4. The van der Waals surface area contributed by atoms with E-state index in [0.717, 1.165) is 23.1 Å². The van der Waals surface area contributed by atoms with Gasteiger partial charge in [-0.2, -0.15) is 0 Å². The predicted octanol–water partition coefficient (Wildman–Crippen LogP) is 4.76. The molecule has 4 rings (SSSR count). The summed E-state index contributed by atoms with van der Waals surface area (Å²) in [6.07, 6.45) is 3.28. The van der Waals surface area contributed by atoms with Gasteiger partial charge in [-0.3, -0.25) is 0 Å². The Morgan fingerprint density at radius 2 is 2.03 bits per heavy atom. The highest BCUT2D eigenvalue weighted by Gasteiger charge is 2.28. The van der Waals surface area contributed by atoms with Crippen molar-refractivity contribution in [3.05, 3.63) is 75.9 Å². The number of ether oxygens (including phenoxy) is 2. The van der Waals surface area contributed by atoms with Crippen LogP contribution in [0.1, 0.15) is 35.6 Å². The number of hydrogen-bond donors (Lipinski definition) is 2. The maximum atomic E-state index is 13.2. The first-order chi connectivity index (χ1) is 16.2. The van der Waals surface area contributed by atoms with Crippen molar-refractivity contribution in [2.24, 2.45) is 0 Å². The third-order valence-corrected chi connectivity index (χ3v) is 7.42. The number of hydrogen-bond acceptors (Lipinski definition) is 6. The van der Waals surface area contributed by atoms with Gasteiger partial charge in [-0.05, 0) is 83.1 Å². The van der Waals surface area contributed by atoms with Crippen LogP contribution in [0.3, 0.4) is 0 Å². The maximum absolute atomic E-state index is 13.2. The summed E-state index contributed by atoms with van der Waals surface area (Å²) in [5, 5.41) is 8.91. The number of benzene rings is 2. The molecule has 1 aliphatic carbocycles. The monoisotopic (exact) mass is 546 g/mol. The first-order valence-electron chi connectivity index (χ1n) is 10.6. The number of aromatic nitrogens is 1. The molecule has 0 saturated carbocycles. The van der Waals surface area contributed by atoms with Crippen LogP contribution < -0.4 is 14.2 Å². The summed E-state index contributed by atoms with van der Waals surface area (Å²) < 4.78 is 40.7. The van der Waals surface area contributed by atoms with Crippen molar-refractivity contribution in [3.63, 3.8) is 0 Å². The summed E-state index contributed by atoms with van der Waals surface area (Å²) in [5.41, 5.74) is 2.63. The predicted molar refractivity (Wildman–Crippen MR) is 129 cm³/mol. The number of carbonyl (C=O) groups is 1. The molecule has 0 fully saturated rings. The molecule has 2 aromatic carbocycles. The highest BCUT2D eigenvalue weighted by Crippen LogP contribution is 2.37. The summed E-state index contributed by atoms with van der Waals surface area (Å²) in [6.45, 7) is 1.49. The molecule has 1 aliphatic rings. The fourth-order valence-electron chi connectivity index (χ4n) is 3.89. The van der Waals surface area contributed by atoms with E-state index in [0.29, 0.717) is 28.8 Å². The van der Waals surface area contributed by atoms with E-state index in [1.54, 1.807) is 18.2 Å². The number of sulfonamides is 1. The molecule has 0 bridgehead atoms. The van der Waals surface area contributed by atoms with Crippen molar-refractivity contribution in [1.29, 1.82) is 0 Å². The molecule has 0 radical (unpaired) electrons. The van der Waals surface area contributed by atoms with Crippen LogP contribution in [0.2, 0.25) is 0 Å². The largest absolute Gasteiger partial charge is 0.482 e. The summed E-state index contributed by atoms with van der Waals surface area (Å²) >= 11 is 3.36. The average Bonchev–Trinajstić information content (AvgIpc) is 2.79. The molecular weight excluding hydrogens is 524 g/mol. The zero-order valence-electron chi connectivity index (χ0n) is 18.3. The van der Waals surface area contributed by atoms with Crippen LogP contribution in [-0.2, 0) is 21.2 Å². The highest BCUT2D eigenvalue weighted by molar-refractivity contribution is 9.10. The molecule has 10 heteroatoms. The van der Waals surface area contributed by atoms with Gasteiger partial charge >= 0.3 is 5.97 Å². The number of aryl methyl sites for hydroxylation is 1. The van der Waals surface area contributed by atoms with Gasteiger partial charge in [-0.1, -0.05) is 24.3 Å². The van der Waals surface area contributed by atoms with E-state index in [2.05, 4.69) is 25.6 Å². The second kappa shape index (κ2) is 10.1. The van der Waals surface area contributed by atoms with Gasteiger partial charge in [-0.15, -0.1) is 0 Å². The number of carboxylic acid groups (broad SMARTS) is 1. The van der Waals surface area contributed by atoms with E-state index < -0.39 is 28.6 Å². The van der Waals surface area contributed by atoms with Crippen molar-refractivity contribution in [2.45, 2.75) is 37.1 Å². The second-order valence-corrected chi connectivity index (χ2v) is 10.5. The lowest BCUT2D eigenvalue weighted by Crippen LogP contribution is -2.31. The number of nitrogens with one attached hydrogen (secondary N) is 1. The van der Waals surface area contributed by atoms with Gasteiger partial charge in [0, 0.05) is 6.04 Å². The van der Waals surface area contributed by atoms with E-state index >= 15 is 0 Å². The van der Waals surface area contributed by atoms with Crippen molar-refractivity contribution in [3.8, 4) is 17.4 Å². The lowest BCUT2D eigenvalue weighted by atomic mass is 9.87. The molecule has 1 atom stereocenters. The Labute approximate surface area is 206 Å². The van der Waals surface area contributed by atoms with Crippen LogP contribution in [0.25, 0.3) is 0 Å². The van der Waals surface area contributed by atoms with Crippen LogP contribution in [0, 0.1) is 6.92 Å². The lowest BCUT2D eigenvalue weighted by Gasteiger charge is -2.27. The molecule has 0 amide bonds. The Hall–Kier alpha value is -2.95. The van der Waals surface area contributed by atoms with Crippen LogP contribution in [0.15, 0.2) is 64.1 Å². The number of nitrogens with zero attached hydrogens (tertiary/aromatic N) is 1. The lowest BCUT2D eigenvalue weighted by molar-refractivity contribution is -0.139. The topological polar surface area (TPSA) is 115 Å². The zero-order valence-corrected chi connectivity index (χ0v) is 20.7. The third-order valence-electron chi connectivity index (χ3n) is 5.41. The Balaban J connectivity index is 1.54. The van der Waals surface area contributed by atoms with Gasteiger partial charge in [-0.25, -0.2) is 22.9 Å². The molecule has 0 spiro atoms. The summed E-state index contributed by atoms with van der Waals surface area (Å²) in [5.74, 6) is 0.249. The van der Waals surface area contributed by atoms with Crippen molar-refractivity contribution >= 4 is 31.9 Å². The SMILES string of the molecule is Cc1cccc(Oc2ncc(S(=O)(=O)NC3CCCc4c(OCC(=O)O)cccc43)cc2Br)c1. The van der Waals surface area contributed by atoms with Crippen LogP contribution in [0.4, 0.5) is 0 Å². The minimum Gasteiger partial charge on any atom is -0.482 e. The molecular formula is C24H23BrN2O6S. The molecule has 8 nitrogen and oxygen atoms in total. The summed E-state index contributed by atoms with van der Waals surface area (Å²) in [7, 11) is -3.89. The number of pyridine rings is 1. The Bertz CT molecular complexity index is 1330. The fourth-order valence-corrected chi connectivity index (χ4v) is 5.69. The first kappa shape index (κ1) is 24.2. The molecule has 1 aromatic heterocycles. The van der Waals surface area contributed by atoms with E-state index in [4.69, 9.17) is 14.6 Å². The summed E-state index contributed by atoms with van der Waals surface area (Å²) in [6, 6.07) is 13.7. The molecule has 0 aliphatic heterocycles. The molecule has 178 valence electrons. The Kier molecular flexibility index (Phi) is 7.20. The summed E-state index contributed by atoms with van der Waals surface area (Å²) in [4.78, 5) is 15.1. The molecule has 0 saturated heterocycles. The fraction of sp³-hybridized carbons (Fsp3) is 0.250. The molecule has 1 unspecified atom stereocenters. The number of rotatable bonds is 8. The quantitative estimate of drug-likeness (QED) is 0.418. The van der Waals surface area contributed by atoms with Crippen molar-refractivity contribution < 1.29 is 27.8 Å². The van der Waals surface area contributed by atoms with Crippen LogP contribution in [0.5, 0.6) is 17.4 Å². The smallest absolute Gasteiger partial charge is 0.341 e. The second-order valence-electron chi connectivity index (χ2n) is 7.95. The van der Waals surface area contributed by atoms with Crippen molar-refractivity contribution in [1.82, 2.24) is 9.71 Å². The van der Waals surface area contributed by atoms with Gasteiger partial charge in [0.2, 0.25) is 15.9 Å². The maximum Gasteiger partial charge on any atom is 0.341 e. The zero-order chi connectivity index (χ0) is 24.3. The van der Waals surface area contributed by atoms with Crippen LogP contribution in [-0.4, -0.2) is 31.1 Å². The number of fused-ring (bicyclic) bond motifs is 1. The molecule has 3 aromatic rings. The van der Waals surface area contributed by atoms with Gasteiger partial charge in [0.05, 0.1) is 10.7 Å². The van der Waals surface area contributed by atoms with E-state index in [-0.39, 0.29) is 10.8 Å². The Morgan fingerprint density at radius 1 is 1.24 bits per heavy atom. The standard InChI is InChI=1S/C24H23BrN2O6S/c1-15-5-2-6-16(11-15)33-24-20(25)12-17(13-26-24)34(30,31)27-21-9-3-8-19-18(21)7-4-10-22(19)32-14-23(28)29/h2,4-7,10-13,21,27H,3,8-9,14H2,1H3,(H,28,29). The molecule has 2 N–H and O–H groups in total. The Morgan fingerprint density at radius 3 is 2.76 bits per heavy atom. The van der Waals surface area contributed by atoms with E-state index in [1.165, 1.54) is 12.3 Å². The number of carboxylic acids is 1.